The van der Waals surface area contributed by atoms with Crippen molar-refractivity contribution in [2.45, 2.75) is 38.4 Å². The Morgan fingerprint density at radius 1 is 1.13 bits per heavy atom. The van der Waals surface area contributed by atoms with Crippen molar-refractivity contribution in [3.8, 4) is 17.2 Å². The second-order valence-corrected chi connectivity index (χ2v) is 7.79. The average Bonchev–Trinajstić information content (AvgIpc) is 2.73. The van der Waals surface area contributed by atoms with Crippen molar-refractivity contribution in [2.24, 2.45) is 0 Å². The molecule has 2 atom stereocenters. The maximum atomic E-state index is 13.3. The summed E-state index contributed by atoms with van der Waals surface area (Å²) >= 11 is 0. The summed E-state index contributed by atoms with van der Waals surface area (Å²) in [6, 6.07) is 4.51. The van der Waals surface area contributed by atoms with E-state index in [1.807, 2.05) is 0 Å². The normalized spacial score (nSPS) is 21.9. The number of carbonyl (C=O) groups excluding carboxylic acids is 3. The third kappa shape index (κ3) is 2.86. The molecule has 2 aromatic rings. The third-order valence-electron chi connectivity index (χ3n) is 6.10. The minimum Gasteiger partial charge on any atom is -0.507 e. The van der Waals surface area contributed by atoms with Gasteiger partial charge in [0.25, 0.3) is 0 Å². The molecule has 0 saturated carbocycles. The number of Topliss-reactive ketones (excluding diaryl/α,β-unsaturated/α-hetero) is 1. The number of aromatic hydroxyl groups is 2. The Morgan fingerprint density at radius 2 is 1.81 bits per heavy atom. The molecule has 0 heterocycles. The lowest BCUT2D eigenvalue weighted by molar-refractivity contribution is -0.141. The molecule has 0 saturated heterocycles. The number of hydrogen-bond donors (Lipinski definition) is 3. The molecule has 8 nitrogen and oxygen atoms in total. The fourth-order valence-corrected chi connectivity index (χ4v) is 4.53. The highest BCUT2D eigenvalue weighted by Crippen LogP contribution is 2.51. The number of hydrogen-bond acceptors (Lipinski definition) is 8. The highest BCUT2D eigenvalue weighted by atomic mass is 16.5. The number of rotatable bonds is 4. The summed E-state index contributed by atoms with van der Waals surface area (Å²) in [5.41, 5.74) is -2.38. The van der Waals surface area contributed by atoms with Crippen LogP contribution in [0.1, 0.15) is 69.3 Å². The van der Waals surface area contributed by atoms with Crippen LogP contribution in [0, 0.1) is 0 Å². The van der Waals surface area contributed by atoms with Gasteiger partial charge in [0.2, 0.25) is 5.78 Å². The van der Waals surface area contributed by atoms with Gasteiger partial charge in [0, 0.05) is 36.1 Å². The summed E-state index contributed by atoms with van der Waals surface area (Å²) in [5.74, 6) is -2.73. The topological polar surface area (TPSA) is 130 Å². The first-order chi connectivity index (χ1) is 14.7. The van der Waals surface area contributed by atoms with E-state index in [0.29, 0.717) is 0 Å². The van der Waals surface area contributed by atoms with E-state index >= 15 is 0 Å². The van der Waals surface area contributed by atoms with Crippen LogP contribution in [0.5, 0.6) is 17.2 Å². The van der Waals surface area contributed by atoms with Crippen molar-refractivity contribution in [2.75, 3.05) is 13.7 Å². The van der Waals surface area contributed by atoms with Gasteiger partial charge in [0.15, 0.2) is 11.6 Å². The van der Waals surface area contributed by atoms with E-state index in [4.69, 9.17) is 9.47 Å². The molecule has 3 N–H and O–H groups in total. The minimum atomic E-state index is -1.84. The first-order valence-electron chi connectivity index (χ1n) is 9.88. The number of phenols is 2. The zero-order chi connectivity index (χ0) is 22.7. The quantitative estimate of drug-likeness (QED) is 0.542. The molecule has 162 valence electrons. The largest absolute Gasteiger partial charge is 0.507 e. The van der Waals surface area contributed by atoms with Gasteiger partial charge in [-0.3, -0.25) is 14.4 Å². The Hall–Kier alpha value is -3.23. The number of phenolic OH excluding ortho intramolecular Hbond substituents is 2. The van der Waals surface area contributed by atoms with Crippen molar-refractivity contribution in [1.29, 1.82) is 0 Å². The summed E-state index contributed by atoms with van der Waals surface area (Å²) in [6.45, 7) is 3.12. The molecule has 0 aliphatic heterocycles. The van der Waals surface area contributed by atoms with Crippen molar-refractivity contribution < 1.29 is 39.2 Å². The SMILES string of the molecule is CCO[C@H]1CC(O)(C(C)=O)Cc2c(O)c3c(c(O)c21)C(=O)c1c(OC)cccc1C3=O. The molecule has 2 aliphatic rings. The van der Waals surface area contributed by atoms with Gasteiger partial charge in [0.05, 0.1) is 29.9 Å². The molecule has 0 amide bonds. The Morgan fingerprint density at radius 3 is 2.42 bits per heavy atom. The zero-order valence-electron chi connectivity index (χ0n) is 17.3. The number of ketones is 3. The Kier molecular flexibility index (Phi) is 4.87. The highest BCUT2D eigenvalue weighted by Gasteiger charge is 2.48. The molecule has 1 unspecified atom stereocenters. The van der Waals surface area contributed by atoms with E-state index in [9.17, 15) is 29.7 Å². The summed E-state index contributed by atoms with van der Waals surface area (Å²) in [4.78, 5) is 38.7. The van der Waals surface area contributed by atoms with E-state index < -0.39 is 40.6 Å². The van der Waals surface area contributed by atoms with Gasteiger partial charge in [-0.15, -0.1) is 0 Å². The first kappa shape index (κ1) is 21.0. The molecule has 0 aromatic heterocycles. The molecule has 31 heavy (non-hydrogen) atoms. The van der Waals surface area contributed by atoms with Gasteiger partial charge in [-0.2, -0.15) is 0 Å². The molecule has 2 aromatic carbocycles. The van der Waals surface area contributed by atoms with E-state index in [1.165, 1.54) is 26.2 Å². The summed E-state index contributed by atoms with van der Waals surface area (Å²) in [6.07, 6.45) is -1.43. The number of carbonyl (C=O) groups is 3. The molecule has 4 rings (SSSR count). The van der Waals surface area contributed by atoms with Gasteiger partial charge in [-0.05, 0) is 19.9 Å². The van der Waals surface area contributed by atoms with E-state index in [1.54, 1.807) is 13.0 Å². The number of benzene rings is 2. The maximum Gasteiger partial charge on any atom is 0.202 e. The monoisotopic (exact) mass is 426 g/mol. The Bertz CT molecular complexity index is 1150. The van der Waals surface area contributed by atoms with E-state index in [0.717, 1.165) is 0 Å². The Balaban J connectivity index is 2.04. The minimum absolute atomic E-state index is 0.00107. The van der Waals surface area contributed by atoms with Crippen molar-refractivity contribution in [3.63, 3.8) is 0 Å². The third-order valence-corrected chi connectivity index (χ3v) is 6.10. The number of aliphatic hydroxyl groups is 1. The van der Waals surface area contributed by atoms with Gasteiger partial charge in [-0.1, -0.05) is 12.1 Å². The van der Waals surface area contributed by atoms with Crippen LogP contribution in [0.4, 0.5) is 0 Å². The van der Waals surface area contributed by atoms with Gasteiger partial charge < -0.3 is 24.8 Å². The number of fused-ring (bicyclic) bond motifs is 3. The number of methoxy groups -OCH3 is 1. The van der Waals surface area contributed by atoms with Crippen LogP contribution in [0.15, 0.2) is 18.2 Å². The standard InChI is InChI=1S/C23H22O8/c1-4-31-14-9-23(29,10(2)24)8-12-16(14)22(28)18-17(20(12)26)19(25)11-6-5-7-13(30-3)15(11)21(18)27/h5-7,14,26,28-29H,4,8-9H2,1-3H3/t14-,23?/m0/s1. The smallest absolute Gasteiger partial charge is 0.202 e. The summed E-state index contributed by atoms with van der Waals surface area (Å²) < 4.78 is 10.9. The average molecular weight is 426 g/mol. The fraction of sp³-hybridized carbons (Fsp3) is 0.348. The lowest BCUT2D eigenvalue weighted by Crippen LogP contribution is -2.44. The van der Waals surface area contributed by atoms with Crippen LogP contribution in [0.25, 0.3) is 0 Å². The number of ether oxygens (including phenoxy) is 2. The van der Waals surface area contributed by atoms with Gasteiger partial charge in [-0.25, -0.2) is 0 Å². The highest BCUT2D eigenvalue weighted by molar-refractivity contribution is 6.31. The lowest BCUT2D eigenvalue weighted by atomic mass is 9.72. The predicted octanol–water partition coefficient (Wildman–Crippen LogP) is 2.23. The van der Waals surface area contributed by atoms with Crippen LogP contribution in [0.2, 0.25) is 0 Å². The lowest BCUT2D eigenvalue weighted by Gasteiger charge is -2.38. The van der Waals surface area contributed by atoms with E-state index in [-0.39, 0.29) is 58.6 Å². The van der Waals surface area contributed by atoms with Gasteiger partial charge >= 0.3 is 0 Å². The molecule has 0 radical (unpaired) electrons. The fourth-order valence-electron chi connectivity index (χ4n) is 4.53. The second-order valence-electron chi connectivity index (χ2n) is 7.79. The van der Waals surface area contributed by atoms with Crippen LogP contribution < -0.4 is 4.74 Å². The van der Waals surface area contributed by atoms with Crippen LogP contribution in [-0.2, 0) is 16.0 Å². The Labute approximate surface area is 178 Å². The second kappa shape index (κ2) is 7.18. The first-order valence-corrected chi connectivity index (χ1v) is 9.88. The molecule has 0 bridgehead atoms. The van der Waals surface area contributed by atoms with Gasteiger partial charge in [0.1, 0.15) is 22.8 Å². The van der Waals surface area contributed by atoms with Crippen molar-refractivity contribution in [3.05, 3.63) is 51.6 Å². The maximum absolute atomic E-state index is 13.3. The van der Waals surface area contributed by atoms with Crippen LogP contribution >= 0.6 is 0 Å². The molecular weight excluding hydrogens is 404 g/mol. The molecule has 0 fully saturated rings. The molecule has 8 heteroatoms. The predicted molar refractivity (Wildman–Crippen MR) is 108 cm³/mol. The summed E-state index contributed by atoms with van der Waals surface area (Å²) in [7, 11) is 1.36. The van der Waals surface area contributed by atoms with Crippen molar-refractivity contribution >= 4 is 17.3 Å². The van der Waals surface area contributed by atoms with Crippen LogP contribution in [-0.4, -0.2) is 52.0 Å². The van der Waals surface area contributed by atoms with Crippen LogP contribution in [0.3, 0.4) is 0 Å². The molecule has 0 spiro atoms. The summed E-state index contributed by atoms with van der Waals surface area (Å²) in [5, 5.41) is 33.0. The zero-order valence-corrected chi connectivity index (χ0v) is 17.3. The van der Waals surface area contributed by atoms with E-state index in [2.05, 4.69) is 0 Å². The molecule has 2 aliphatic carbocycles. The molecular formula is C23H22O8. The van der Waals surface area contributed by atoms with Crippen molar-refractivity contribution in [1.82, 2.24) is 0 Å².